The standard InChI is InChI=1S/C16H23N5/c1-12(2)21-11-14(8-19-21)16-10-18-9-15(20-16)7-13-3-5-17-6-4-13/h8-13,17H,3-7H2,1-2H3. The molecule has 0 saturated carbocycles. The van der Waals surface area contributed by atoms with Crippen LogP contribution >= 0.6 is 0 Å². The van der Waals surface area contributed by atoms with Crippen molar-refractivity contribution in [3.63, 3.8) is 0 Å². The number of nitrogens with zero attached hydrogens (tertiary/aromatic N) is 4. The Kier molecular flexibility index (Phi) is 4.29. The van der Waals surface area contributed by atoms with Crippen LogP contribution in [0.2, 0.25) is 0 Å². The first kappa shape index (κ1) is 14.2. The van der Waals surface area contributed by atoms with Crippen molar-refractivity contribution in [2.75, 3.05) is 13.1 Å². The monoisotopic (exact) mass is 285 g/mol. The normalized spacial score (nSPS) is 16.5. The maximum Gasteiger partial charge on any atom is 0.0920 e. The van der Waals surface area contributed by atoms with Gasteiger partial charge in [-0.05, 0) is 52.1 Å². The lowest BCUT2D eigenvalue weighted by Gasteiger charge is -2.22. The molecule has 0 bridgehead atoms. The second-order valence-electron chi connectivity index (χ2n) is 6.10. The van der Waals surface area contributed by atoms with E-state index in [0.717, 1.165) is 42.4 Å². The Morgan fingerprint density at radius 2 is 2.05 bits per heavy atom. The molecular formula is C16H23N5. The highest BCUT2D eigenvalue weighted by Crippen LogP contribution is 2.20. The van der Waals surface area contributed by atoms with Crippen LogP contribution in [0.5, 0.6) is 0 Å². The fourth-order valence-electron chi connectivity index (χ4n) is 2.78. The van der Waals surface area contributed by atoms with E-state index in [0.29, 0.717) is 6.04 Å². The van der Waals surface area contributed by atoms with E-state index in [-0.39, 0.29) is 0 Å². The summed E-state index contributed by atoms with van der Waals surface area (Å²) in [5, 5.41) is 7.78. The summed E-state index contributed by atoms with van der Waals surface area (Å²) >= 11 is 0. The van der Waals surface area contributed by atoms with Gasteiger partial charge in [0.05, 0.1) is 23.8 Å². The number of aromatic nitrogens is 4. The molecule has 0 unspecified atom stereocenters. The molecule has 1 saturated heterocycles. The number of rotatable bonds is 4. The molecule has 0 amide bonds. The predicted octanol–water partition coefficient (Wildman–Crippen LogP) is 2.46. The van der Waals surface area contributed by atoms with E-state index < -0.39 is 0 Å². The summed E-state index contributed by atoms with van der Waals surface area (Å²) in [7, 11) is 0. The third-order valence-corrected chi connectivity index (χ3v) is 4.07. The molecule has 2 aromatic heterocycles. The molecular weight excluding hydrogens is 262 g/mol. The molecule has 3 rings (SSSR count). The van der Waals surface area contributed by atoms with E-state index in [1.165, 1.54) is 12.8 Å². The lowest BCUT2D eigenvalue weighted by Crippen LogP contribution is -2.28. The molecule has 0 atom stereocenters. The maximum atomic E-state index is 4.77. The fourth-order valence-corrected chi connectivity index (χ4v) is 2.78. The second-order valence-corrected chi connectivity index (χ2v) is 6.10. The van der Waals surface area contributed by atoms with Crippen LogP contribution in [0.15, 0.2) is 24.8 Å². The van der Waals surface area contributed by atoms with Crippen LogP contribution in [0.1, 0.15) is 38.4 Å². The van der Waals surface area contributed by atoms with Crippen LogP contribution in [0.25, 0.3) is 11.3 Å². The van der Waals surface area contributed by atoms with Gasteiger partial charge in [-0.3, -0.25) is 9.67 Å². The molecule has 5 heteroatoms. The molecule has 112 valence electrons. The Bertz CT molecular complexity index is 584. The zero-order valence-electron chi connectivity index (χ0n) is 12.8. The average Bonchev–Trinajstić information content (AvgIpc) is 2.99. The highest BCUT2D eigenvalue weighted by atomic mass is 15.3. The summed E-state index contributed by atoms with van der Waals surface area (Å²) in [6.07, 6.45) is 11.1. The van der Waals surface area contributed by atoms with Gasteiger partial charge < -0.3 is 5.32 Å². The Morgan fingerprint density at radius 3 is 2.76 bits per heavy atom. The van der Waals surface area contributed by atoms with Gasteiger partial charge in [-0.1, -0.05) is 0 Å². The Hall–Kier alpha value is -1.75. The third-order valence-electron chi connectivity index (χ3n) is 4.07. The summed E-state index contributed by atoms with van der Waals surface area (Å²) in [6.45, 7) is 6.49. The van der Waals surface area contributed by atoms with Crippen molar-refractivity contribution >= 4 is 0 Å². The largest absolute Gasteiger partial charge is 0.317 e. The van der Waals surface area contributed by atoms with Crippen molar-refractivity contribution in [3.05, 3.63) is 30.5 Å². The Balaban J connectivity index is 1.75. The maximum absolute atomic E-state index is 4.77. The van der Waals surface area contributed by atoms with Gasteiger partial charge in [-0.15, -0.1) is 0 Å². The van der Waals surface area contributed by atoms with E-state index >= 15 is 0 Å². The van der Waals surface area contributed by atoms with E-state index in [2.05, 4.69) is 29.2 Å². The molecule has 0 spiro atoms. The first-order valence-electron chi connectivity index (χ1n) is 7.78. The van der Waals surface area contributed by atoms with Crippen LogP contribution in [-0.4, -0.2) is 32.8 Å². The zero-order chi connectivity index (χ0) is 14.7. The molecule has 1 aliphatic heterocycles. The average molecular weight is 285 g/mol. The fraction of sp³-hybridized carbons (Fsp3) is 0.562. The number of piperidine rings is 1. The molecule has 2 aromatic rings. The predicted molar refractivity (Wildman–Crippen MR) is 82.9 cm³/mol. The lowest BCUT2D eigenvalue weighted by molar-refractivity contribution is 0.370. The van der Waals surface area contributed by atoms with Crippen molar-refractivity contribution < 1.29 is 0 Å². The van der Waals surface area contributed by atoms with Crippen LogP contribution < -0.4 is 5.32 Å². The summed E-state index contributed by atoms with van der Waals surface area (Å²) in [4.78, 5) is 9.14. The van der Waals surface area contributed by atoms with Crippen LogP contribution in [0.3, 0.4) is 0 Å². The smallest absolute Gasteiger partial charge is 0.0920 e. The SMILES string of the molecule is CC(C)n1cc(-c2cncc(CC3CCNCC3)n2)cn1. The number of hydrogen-bond acceptors (Lipinski definition) is 4. The molecule has 0 aliphatic carbocycles. The van der Waals surface area contributed by atoms with Gasteiger partial charge in [0.15, 0.2) is 0 Å². The lowest BCUT2D eigenvalue weighted by atomic mass is 9.93. The zero-order valence-corrected chi connectivity index (χ0v) is 12.8. The summed E-state index contributed by atoms with van der Waals surface area (Å²) in [5.74, 6) is 0.731. The van der Waals surface area contributed by atoms with E-state index in [1.807, 2.05) is 29.5 Å². The molecule has 21 heavy (non-hydrogen) atoms. The highest BCUT2D eigenvalue weighted by Gasteiger charge is 2.15. The minimum absolute atomic E-state index is 0.365. The van der Waals surface area contributed by atoms with Crippen LogP contribution in [-0.2, 0) is 6.42 Å². The molecule has 1 fully saturated rings. The summed E-state index contributed by atoms with van der Waals surface area (Å²) < 4.78 is 1.95. The van der Waals surface area contributed by atoms with Gasteiger partial charge in [-0.25, -0.2) is 4.98 Å². The van der Waals surface area contributed by atoms with Crippen molar-refractivity contribution in [2.24, 2.45) is 5.92 Å². The summed E-state index contributed by atoms with van der Waals surface area (Å²) in [5.41, 5.74) is 3.06. The number of nitrogens with one attached hydrogen (secondary N) is 1. The van der Waals surface area contributed by atoms with Crippen molar-refractivity contribution in [1.29, 1.82) is 0 Å². The molecule has 3 heterocycles. The number of hydrogen-bond donors (Lipinski definition) is 1. The van der Waals surface area contributed by atoms with Crippen molar-refractivity contribution in [3.8, 4) is 11.3 Å². The van der Waals surface area contributed by atoms with Crippen molar-refractivity contribution in [1.82, 2.24) is 25.1 Å². The van der Waals surface area contributed by atoms with Crippen molar-refractivity contribution in [2.45, 2.75) is 39.2 Å². The quantitative estimate of drug-likeness (QED) is 0.937. The molecule has 0 aromatic carbocycles. The van der Waals surface area contributed by atoms with Gasteiger partial charge in [-0.2, -0.15) is 5.10 Å². The Labute approximate surface area is 125 Å². The van der Waals surface area contributed by atoms with E-state index in [9.17, 15) is 0 Å². The van der Waals surface area contributed by atoms with Gasteiger partial charge >= 0.3 is 0 Å². The third kappa shape index (κ3) is 3.47. The van der Waals surface area contributed by atoms with E-state index in [1.54, 1.807) is 0 Å². The van der Waals surface area contributed by atoms with Gasteiger partial charge in [0.2, 0.25) is 0 Å². The first-order valence-corrected chi connectivity index (χ1v) is 7.78. The molecule has 1 aliphatic rings. The van der Waals surface area contributed by atoms with E-state index in [4.69, 9.17) is 4.98 Å². The minimum Gasteiger partial charge on any atom is -0.317 e. The van der Waals surface area contributed by atoms with Gasteiger partial charge in [0, 0.05) is 24.0 Å². The second kappa shape index (κ2) is 6.35. The summed E-state index contributed by atoms with van der Waals surface area (Å²) in [6, 6.07) is 0.365. The molecule has 1 N–H and O–H groups in total. The topological polar surface area (TPSA) is 55.6 Å². The van der Waals surface area contributed by atoms with Gasteiger partial charge in [0.1, 0.15) is 0 Å². The van der Waals surface area contributed by atoms with Crippen LogP contribution in [0.4, 0.5) is 0 Å². The molecule has 5 nitrogen and oxygen atoms in total. The first-order chi connectivity index (χ1) is 10.2. The van der Waals surface area contributed by atoms with Gasteiger partial charge in [0.25, 0.3) is 0 Å². The van der Waals surface area contributed by atoms with Crippen LogP contribution in [0, 0.1) is 5.92 Å². The molecule has 0 radical (unpaired) electrons. The minimum atomic E-state index is 0.365. The highest BCUT2D eigenvalue weighted by molar-refractivity contribution is 5.55. The Morgan fingerprint density at radius 1 is 1.24 bits per heavy atom.